The van der Waals surface area contributed by atoms with Crippen LogP contribution in [-0.4, -0.2) is 58.7 Å². The van der Waals surface area contributed by atoms with Gasteiger partial charge in [0, 0.05) is 32.4 Å². The zero-order valence-corrected chi connectivity index (χ0v) is 23.5. The maximum atomic E-state index is 13.6. The van der Waals surface area contributed by atoms with E-state index >= 15 is 0 Å². The number of benzene rings is 1. The molecule has 1 fully saturated rings. The number of rotatable bonds is 12. The molecule has 0 unspecified atom stereocenters. The van der Waals surface area contributed by atoms with Crippen LogP contribution in [0, 0.1) is 5.92 Å². The molecule has 0 saturated carbocycles. The zero-order valence-electron chi connectivity index (χ0n) is 22.7. The van der Waals surface area contributed by atoms with Crippen molar-refractivity contribution < 1.29 is 18.3 Å². The molecule has 2 N–H and O–H groups in total. The van der Waals surface area contributed by atoms with Gasteiger partial charge in [0.05, 0.1) is 22.6 Å². The fourth-order valence-electron chi connectivity index (χ4n) is 5.26. The van der Waals surface area contributed by atoms with Gasteiger partial charge >= 0.3 is 0 Å². The maximum Gasteiger partial charge on any atom is 0.275 e. The molecule has 3 heterocycles. The molecule has 0 radical (unpaired) electrons. The first-order valence-electron chi connectivity index (χ1n) is 13.8. The van der Waals surface area contributed by atoms with Crippen LogP contribution in [0.5, 0.6) is 5.75 Å². The van der Waals surface area contributed by atoms with Gasteiger partial charge in [-0.3, -0.25) is 4.79 Å². The number of hydrogen-bond acceptors (Lipinski definition) is 6. The number of aryl methyl sites for hydroxylation is 2. The standard InChI is InChI=1S/C28H40N4O5S/c1-4-8-21-19-31(6-3)26-25(21)29-27(30-28(26)34)23-18-22(10-11-24(23)37-17-5-2)38(35,36)32-14-12-20(13-15-32)9-7-16-33/h10-11,18-20,33H,4-9,12-17H2,1-3H3,(H,29,30,34). The average Bonchev–Trinajstić information content (AvgIpc) is 3.29. The molecule has 1 saturated heterocycles. The van der Waals surface area contributed by atoms with Gasteiger partial charge in [0.15, 0.2) is 0 Å². The largest absolute Gasteiger partial charge is 0.493 e. The van der Waals surface area contributed by atoms with E-state index in [2.05, 4.69) is 11.9 Å². The summed E-state index contributed by atoms with van der Waals surface area (Å²) >= 11 is 0. The Hall–Kier alpha value is -2.69. The summed E-state index contributed by atoms with van der Waals surface area (Å²) in [4.78, 5) is 21.1. The van der Waals surface area contributed by atoms with Crippen molar-refractivity contribution in [3.63, 3.8) is 0 Å². The molecule has 3 aromatic rings. The van der Waals surface area contributed by atoms with E-state index < -0.39 is 10.0 Å². The molecular weight excluding hydrogens is 504 g/mol. The highest BCUT2D eigenvalue weighted by Crippen LogP contribution is 2.34. The summed E-state index contributed by atoms with van der Waals surface area (Å²) < 4.78 is 36.7. The molecule has 2 aromatic heterocycles. The van der Waals surface area contributed by atoms with Crippen molar-refractivity contribution in [2.75, 3.05) is 26.3 Å². The predicted octanol–water partition coefficient (Wildman–Crippen LogP) is 4.33. The van der Waals surface area contributed by atoms with Crippen LogP contribution in [0.25, 0.3) is 22.4 Å². The van der Waals surface area contributed by atoms with E-state index in [1.807, 2.05) is 24.6 Å². The lowest BCUT2D eigenvalue weighted by Crippen LogP contribution is -2.38. The minimum Gasteiger partial charge on any atom is -0.493 e. The lowest BCUT2D eigenvalue weighted by molar-refractivity contribution is 0.230. The van der Waals surface area contributed by atoms with Crippen LogP contribution in [-0.2, 0) is 23.0 Å². The molecule has 4 rings (SSSR count). The van der Waals surface area contributed by atoms with E-state index in [4.69, 9.17) is 14.8 Å². The summed E-state index contributed by atoms with van der Waals surface area (Å²) in [6.07, 6.45) is 7.71. The van der Waals surface area contributed by atoms with Crippen LogP contribution in [0.2, 0.25) is 0 Å². The van der Waals surface area contributed by atoms with Crippen molar-refractivity contribution in [3.05, 3.63) is 40.3 Å². The molecule has 0 spiro atoms. The maximum absolute atomic E-state index is 13.6. The van der Waals surface area contributed by atoms with Gasteiger partial charge < -0.3 is 19.4 Å². The highest BCUT2D eigenvalue weighted by molar-refractivity contribution is 7.89. The lowest BCUT2D eigenvalue weighted by Gasteiger charge is -2.31. The molecule has 10 heteroatoms. The third kappa shape index (κ3) is 5.82. The fraction of sp³-hybridized carbons (Fsp3) is 0.571. The first-order valence-corrected chi connectivity index (χ1v) is 15.3. The van der Waals surface area contributed by atoms with Crippen molar-refractivity contribution in [2.45, 2.75) is 77.2 Å². The van der Waals surface area contributed by atoms with Gasteiger partial charge in [-0.1, -0.05) is 20.3 Å². The molecule has 208 valence electrons. The van der Waals surface area contributed by atoms with Crippen LogP contribution < -0.4 is 10.3 Å². The Kier molecular flexibility index (Phi) is 9.27. The third-order valence-corrected chi connectivity index (χ3v) is 9.20. The van der Waals surface area contributed by atoms with Gasteiger partial charge in [-0.25, -0.2) is 13.4 Å². The summed E-state index contributed by atoms with van der Waals surface area (Å²) in [5.74, 6) is 1.23. The minimum atomic E-state index is -3.74. The smallest absolute Gasteiger partial charge is 0.275 e. The highest BCUT2D eigenvalue weighted by atomic mass is 32.2. The monoisotopic (exact) mass is 544 g/mol. The fourth-order valence-corrected chi connectivity index (χ4v) is 6.76. The number of piperidine rings is 1. The van der Waals surface area contributed by atoms with Crippen molar-refractivity contribution in [1.82, 2.24) is 18.8 Å². The van der Waals surface area contributed by atoms with Gasteiger partial charge in [-0.15, -0.1) is 0 Å². The molecule has 38 heavy (non-hydrogen) atoms. The number of aliphatic hydroxyl groups is 1. The molecule has 0 bridgehead atoms. The van der Waals surface area contributed by atoms with Crippen molar-refractivity contribution >= 4 is 21.1 Å². The Morgan fingerprint density at radius 1 is 1.16 bits per heavy atom. The Morgan fingerprint density at radius 2 is 1.92 bits per heavy atom. The first-order chi connectivity index (χ1) is 18.3. The van der Waals surface area contributed by atoms with Crippen molar-refractivity contribution in [2.24, 2.45) is 5.92 Å². The summed E-state index contributed by atoms with van der Waals surface area (Å²) in [7, 11) is -3.74. The number of H-pyrrole nitrogens is 1. The van der Waals surface area contributed by atoms with Crippen LogP contribution in [0.4, 0.5) is 0 Å². The summed E-state index contributed by atoms with van der Waals surface area (Å²) in [6.45, 7) is 8.26. The van der Waals surface area contributed by atoms with E-state index in [-0.39, 0.29) is 17.1 Å². The Morgan fingerprint density at radius 3 is 2.58 bits per heavy atom. The minimum absolute atomic E-state index is 0.160. The van der Waals surface area contributed by atoms with Crippen LogP contribution in [0.3, 0.4) is 0 Å². The van der Waals surface area contributed by atoms with Gasteiger partial charge in [0.2, 0.25) is 10.0 Å². The molecule has 0 aliphatic carbocycles. The van der Waals surface area contributed by atoms with Crippen LogP contribution in [0.15, 0.2) is 34.1 Å². The quantitative estimate of drug-likeness (QED) is 0.351. The highest BCUT2D eigenvalue weighted by Gasteiger charge is 2.30. The summed E-state index contributed by atoms with van der Waals surface area (Å²) in [5, 5.41) is 9.11. The van der Waals surface area contributed by atoms with E-state index in [1.54, 1.807) is 18.2 Å². The normalized spacial score (nSPS) is 15.4. The second-order valence-corrected chi connectivity index (χ2v) is 12.0. The van der Waals surface area contributed by atoms with E-state index in [9.17, 15) is 13.2 Å². The van der Waals surface area contributed by atoms with E-state index in [0.717, 1.165) is 50.5 Å². The summed E-state index contributed by atoms with van der Waals surface area (Å²) in [6, 6.07) is 4.83. The number of sulfonamides is 1. The average molecular weight is 545 g/mol. The molecular formula is C28H40N4O5S. The molecule has 1 aliphatic heterocycles. The molecule has 1 aliphatic rings. The number of aromatic nitrogens is 3. The van der Waals surface area contributed by atoms with Crippen LogP contribution >= 0.6 is 0 Å². The SMILES string of the molecule is CCCOc1ccc(S(=O)(=O)N2CCC(CCCO)CC2)cc1-c1nc2c(CCC)cn(CC)c2c(=O)[nH]1. The number of nitrogens with zero attached hydrogens (tertiary/aromatic N) is 3. The Labute approximate surface area is 224 Å². The predicted molar refractivity (Wildman–Crippen MR) is 149 cm³/mol. The zero-order chi connectivity index (χ0) is 27.3. The Balaban J connectivity index is 1.75. The van der Waals surface area contributed by atoms with Crippen molar-refractivity contribution in [3.8, 4) is 17.1 Å². The van der Waals surface area contributed by atoms with Crippen LogP contribution in [0.1, 0.15) is 64.9 Å². The second-order valence-electron chi connectivity index (χ2n) is 10.0. The van der Waals surface area contributed by atoms with Gasteiger partial charge in [0.1, 0.15) is 17.1 Å². The number of nitrogens with one attached hydrogen (secondary N) is 1. The molecule has 9 nitrogen and oxygen atoms in total. The number of aromatic amines is 1. The second kappa shape index (κ2) is 12.4. The van der Waals surface area contributed by atoms with Gasteiger partial charge in [-0.05, 0) is 75.1 Å². The topological polar surface area (TPSA) is 118 Å². The molecule has 0 amide bonds. The third-order valence-electron chi connectivity index (χ3n) is 7.31. The first kappa shape index (κ1) is 28.3. The van der Waals surface area contributed by atoms with Gasteiger partial charge in [0.25, 0.3) is 5.56 Å². The molecule has 1 aromatic carbocycles. The lowest BCUT2D eigenvalue weighted by atomic mass is 9.93. The number of hydrogen-bond donors (Lipinski definition) is 2. The van der Waals surface area contributed by atoms with E-state index in [1.165, 1.54) is 4.31 Å². The molecule has 0 atom stereocenters. The summed E-state index contributed by atoms with van der Waals surface area (Å²) in [5.41, 5.74) is 2.38. The van der Waals surface area contributed by atoms with Gasteiger partial charge in [-0.2, -0.15) is 4.31 Å². The number of ether oxygens (including phenoxy) is 1. The Bertz CT molecular complexity index is 1400. The number of fused-ring (bicyclic) bond motifs is 1. The van der Waals surface area contributed by atoms with Crippen molar-refractivity contribution in [1.29, 1.82) is 0 Å². The van der Waals surface area contributed by atoms with E-state index in [0.29, 0.717) is 60.3 Å². The number of aliphatic hydroxyl groups excluding tert-OH is 1.